The maximum atomic E-state index is 4.84. The van der Waals surface area contributed by atoms with Crippen molar-refractivity contribution in [3.05, 3.63) is 0 Å². The Morgan fingerprint density at radius 2 is 1.75 bits per heavy atom. The van der Waals surface area contributed by atoms with Gasteiger partial charge in [-0.1, -0.05) is 8.93 Å². The third-order valence-electron chi connectivity index (χ3n) is 0. The fraction of sp³-hybridized carbons (Fsp3) is 0. The minimum atomic E-state index is 0. The summed E-state index contributed by atoms with van der Waals surface area (Å²) in [6.07, 6.45) is 0. The average molecular weight is 273 g/mol. The molecule has 0 heterocycles. The van der Waals surface area contributed by atoms with E-state index in [1.165, 1.54) is 0 Å². The van der Waals surface area contributed by atoms with Crippen LogP contribution in [0, 0.1) is 0 Å². The van der Waals surface area contributed by atoms with Gasteiger partial charge in [0.05, 0.1) is 0 Å². The predicted molar refractivity (Wildman–Crippen MR) is 22.2 cm³/mol. The Balaban J connectivity index is 0. The van der Waals surface area contributed by atoms with Crippen molar-refractivity contribution in [3.63, 3.8) is 0 Å². The molecule has 0 saturated heterocycles. The van der Waals surface area contributed by atoms with E-state index in [9.17, 15) is 0 Å². The van der Waals surface area contributed by atoms with Crippen molar-refractivity contribution >= 4 is 17.3 Å². The largest absolute Gasteiger partial charge is 0.309 e. The molecular weight excluding hydrogens is 268 g/mol. The van der Waals surface area contributed by atoms with Crippen molar-refractivity contribution in [1.29, 1.82) is 0 Å². The predicted octanol–water partition coefficient (Wildman–Crippen LogP) is 0.326. The van der Waals surface area contributed by atoms with E-state index in [-0.39, 0.29) is 20.1 Å². The number of hydrogen-bond donors (Lipinski definition) is 1. The average Bonchev–Trinajstić information content (AvgIpc) is 0.918. The fourth-order valence-corrected chi connectivity index (χ4v) is 0. The van der Waals surface area contributed by atoms with Crippen LogP contribution in [0.25, 0.3) is 0 Å². The molecule has 0 aromatic heterocycles. The SMILES string of the molecule is NPP.[Ir]. The molecule has 0 aliphatic carbocycles. The van der Waals surface area contributed by atoms with E-state index < -0.39 is 0 Å². The van der Waals surface area contributed by atoms with Crippen molar-refractivity contribution in [3.8, 4) is 0 Å². The summed E-state index contributed by atoms with van der Waals surface area (Å²) in [5.41, 5.74) is 4.84. The van der Waals surface area contributed by atoms with Gasteiger partial charge in [-0.25, -0.2) is 0 Å². The Bertz CT molecular complexity index is 6.00. The zero-order valence-corrected chi connectivity index (χ0v) is 6.54. The van der Waals surface area contributed by atoms with Crippen LogP contribution in [-0.4, -0.2) is 0 Å². The molecule has 2 atom stereocenters. The van der Waals surface area contributed by atoms with E-state index in [4.69, 9.17) is 5.50 Å². The topological polar surface area (TPSA) is 26.0 Å². The first-order chi connectivity index (χ1) is 1.41. The molecule has 0 aromatic rings. The van der Waals surface area contributed by atoms with E-state index in [1.54, 1.807) is 0 Å². The summed E-state index contributed by atoms with van der Waals surface area (Å²) in [5.74, 6) is 0. The van der Waals surface area contributed by atoms with Gasteiger partial charge in [0.15, 0.2) is 0 Å². The summed E-state index contributed by atoms with van der Waals surface area (Å²) >= 11 is 0. The molecular formula is H5IrNP2. The molecule has 2 unspecified atom stereocenters. The van der Waals surface area contributed by atoms with Crippen molar-refractivity contribution < 1.29 is 20.1 Å². The van der Waals surface area contributed by atoms with Gasteiger partial charge in [0, 0.05) is 20.1 Å². The van der Waals surface area contributed by atoms with E-state index in [0.29, 0.717) is 8.42 Å². The summed E-state index contributed by atoms with van der Waals surface area (Å²) < 4.78 is 0. The zero-order valence-electron chi connectivity index (χ0n) is 1.99. The first-order valence-electron chi connectivity index (χ1n) is 0.577. The molecule has 1 radical (unpaired) electrons. The van der Waals surface area contributed by atoms with Gasteiger partial charge in [-0.2, -0.15) is 0 Å². The zero-order chi connectivity index (χ0) is 2.71. The van der Waals surface area contributed by atoms with Crippen molar-refractivity contribution in [2.24, 2.45) is 5.50 Å². The van der Waals surface area contributed by atoms with Crippen LogP contribution in [0.3, 0.4) is 0 Å². The summed E-state index contributed by atoms with van der Waals surface area (Å²) in [6, 6.07) is 0. The third-order valence-corrected chi connectivity index (χ3v) is 0. The van der Waals surface area contributed by atoms with Crippen LogP contribution in [0.15, 0.2) is 0 Å². The van der Waals surface area contributed by atoms with Crippen LogP contribution in [0.1, 0.15) is 0 Å². The van der Waals surface area contributed by atoms with Crippen LogP contribution in [-0.2, 0) is 20.1 Å². The second-order valence-corrected chi connectivity index (χ2v) is 1.50. The van der Waals surface area contributed by atoms with Gasteiger partial charge in [-0.15, -0.1) is 0 Å². The van der Waals surface area contributed by atoms with Crippen LogP contribution in [0.5, 0.6) is 0 Å². The van der Waals surface area contributed by atoms with Crippen LogP contribution in [0.2, 0.25) is 0 Å². The molecule has 0 aromatic carbocycles. The van der Waals surface area contributed by atoms with E-state index in [1.807, 2.05) is 0 Å². The van der Waals surface area contributed by atoms with Crippen molar-refractivity contribution in [2.45, 2.75) is 0 Å². The molecule has 0 saturated carbocycles. The van der Waals surface area contributed by atoms with Crippen molar-refractivity contribution in [2.75, 3.05) is 0 Å². The summed E-state index contributed by atoms with van der Waals surface area (Å²) in [7, 11) is 2.88. The van der Waals surface area contributed by atoms with Gasteiger partial charge in [-0.05, 0) is 8.42 Å². The van der Waals surface area contributed by atoms with Gasteiger partial charge in [0.25, 0.3) is 0 Å². The Morgan fingerprint density at radius 1 is 1.75 bits per heavy atom. The molecule has 0 bridgehead atoms. The molecule has 2 N–H and O–H groups in total. The Labute approximate surface area is 43.4 Å². The Morgan fingerprint density at radius 3 is 1.75 bits per heavy atom. The number of nitrogens with two attached hydrogens (primary N) is 1. The normalized spacial score (nSPS) is 7.50. The second kappa shape index (κ2) is 8.82. The molecule has 4 heavy (non-hydrogen) atoms. The maximum Gasteiger partial charge on any atom is 0 e. The molecule has 0 rings (SSSR count). The van der Waals surface area contributed by atoms with E-state index >= 15 is 0 Å². The summed E-state index contributed by atoms with van der Waals surface area (Å²) in [4.78, 5) is 0. The first-order valence-corrected chi connectivity index (χ1v) is 3.46. The van der Waals surface area contributed by atoms with Gasteiger partial charge in [0.2, 0.25) is 0 Å². The molecule has 29 valence electrons. The van der Waals surface area contributed by atoms with Gasteiger partial charge >= 0.3 is 0 Å². The molecule has 0 aliphatic heterocycles. The molecule has 0 fully saturated rings. The van der Waals surface area contributed by atoms with E-state index in [2.05, 4.69) is 8.93 Å². The maximum absolute atomic E-state index is 4.84. The van der Waals surface area contributed by atoms with E-state index in [0.717, 1.165) is 0 Å². The Hall–Kier alpha value is 1.47. The third kappa shape index (κ3) is 9.80. The smallest absolute Gasteiger partial charge is 0 e. The van der Waals surface area contributed by atoms with Crippen LogP contribution in [0.4, 0.5) is 0 Å². The van der Waals surface area contributed by atoms with Gasteiger partial charge in [0.1, 0.15) is 0 Å². The monoisotopic (exact) mass is 274 g/mol. The van der Waals surface area contributed by atoms with Gasteiger partial charge < -0.3 is 5.50 Å². The number of rotatable bonds is 0. The summed E-state index contributed by atoms with van der Waals surface area (Å²) in [5, 5.41) is 0. The second-order valence-electron chi connectivity index (χ2n) is 0.167. The summed E-state index contributed by atoms with van der Waals surface area (Å²) in [6.45, 7) is 0. The molecule has 0 amide bonds. The molecule has 4 heteroatoms. The van der Waals surface area contributed by atoms with Crippen LogP contribution >= 0.6 is 17.3 Å². The minimum absolute atomic E-state index is 0. The molecule has 0 aliphatic rings. The molecule has 1 nitrogen and oxygen atoms in total. The van der Waals surface area contributed by atoms with Crippen molar-refractivity contribution in [1.82, 2.24) is 0 Å². The van der Waals surface area contributed by atoms with Gasteiger partial charge in [-0.3, -0.25) is 0 Å². The quantitative estimate of drug-likeness (QED) is 0.632. The van der Waals surface area contributed by atoms with Crippen LogP contribution < -0.4 is 5.50 Å². The molecule has 0 spiro atoms. The number of hydrogen-bond acceptors (Lipinski definition) is 1. The minimum Gasteiger partial charge on any atom is -0.309 e. The standard InChI is InChI=1S/Ir.H5NP2/c;1-3-2/h;3H,1-2H2. The first kappa shape index (κ1) is 9.08. The fourth-order valence-electron chi connectivity index (χ4n) is 0. The Kier molecular flexibility index (Phi) is 20.0.